The number of benzene rings is 1. The highest BCUT2D eigenvalue weighted by Crippen LogP contribution is 2.46. The van der Waals surface area contributed by atoms with E-state index >= 15 is 0 Å². The van der Waals surface area contributed by atoms with Crippen molar-refractivity contribution in [2.45, 2.75) is 105 Å². The Balaban J connectivity index is 2.50. The van der Waals surface area contributed by atoms with Gasteiger partial charge in [0.05, 0.1) is 19.6 Å². The SMILES string of the molecule is CCC[N+](CCC)(CCC)Cc1cc2c(cc1C)C(C)(C)CCC2(C)C. The zero-order valence-corrected chi connectivity index (χ0v) is 19.0. The van der Waals surface area contributed by atoms with Crippen molar-refractivity contribution < 1.29 is 4.48 Å². The Labute approximate surface area is 163 Å². The van der Waals surface area contributed by atoms with E-state index in [0.717, 1.165) is 0 Å². The first-order valence-electron chi connectivity index (χ1n) is 11.1. The number of aryl methyl sites for hydroxylation is 1. The molecule has 1 aliphatic rings. The van der Waals surface area contributed by atoms with Crippen molar-refractivity contribution in [1.29, 1.82) is 0 Å². The van der Waals surface area contributed by atoms with Crippen molar-refractivity contribution in [1.82, 2.24) is 0 Å². The maximum Gasteiger partial charge on any atom is 0.105 e. The molecule has 0 bridgehead atoms. The van der Waals surface area contributed by atoms with Crippen LogP contribution in [0.4, 0.5) is 0 Å². The molecule has 0 N–H and O–H groups in total. The molecule has 0 aromatic heterocycles. The second-order valence-electron chi connectivity index (χ2n) is 10.3. The fourth-order valence-electron chi connectivity index (χ4n) is 5.29. The average Bonchev–Trinajstić information content (AvgIpc) is 2.54. The van der Waals surface area contributed by atoms with Gasteiger partial charge in [-0.05, 0) is 72.6 Å². The summed E-state index contributed by atoms with van der Waals surface area (Å²) in [5.74, 6) is 0. The third-order valence-corrected chi connectivity index (χ3v) is 6.91. The number of hydrogen-bond donors (Lipinski definition) is 0. The minimum absolute atomic E-state index is 0.309. The lowest BCUT2D eigenvalue weighted by Gasteiger charge is -2.43. The summed E-state index contributed by atoms with van der Waals surface area (Å²) in [4.78, 5) is 0. The molecular formula is C25H44N+. The van der Waals surface area contributed by atoms with E-state index in [1.165, 1.54) is 68.3 Å². The van der Waals surface area contributed by atoms with Gasteiger partial charge in [0, 0.05) is 5.56 Å². The van der Waals surface area contributed by atoms with Crippen molar-refractivity contribution in [2.75, 3.05) is 19.6 Å². The predicted molar refractivity (Wildman–Crippen MR) is 116 cm³/mol. The van der Waals surface area contributed by atoms with E-state index in [4.69, 9.17) is 0 Å². The van der Waals surface area contributed by atoms with Crippen LogP contribution in [0.3, 0.4) is 0 Å². The molecule has 148 valence electrons. The van der Waals surface area contributed by atoms with Crippen LogP contribution < -0.4 is 0 Å². The number of rotatable bonds is 8. The largest absolute Gasteiger partial charge is 0.320 e. The molecule has 0 saturated carbocycles. The van der Waals surface area contributed by atoms with Gasteiger partial charge in [0.1, 0.15) is 6.54 Å². The molecule has 0 radical (unpaired) electrons. The maximum absolute atomic E-state index is 2.61. The highest BCUT2D eigenvalue weighted by Gasteiger charge is 2.38. The van der Waals surface area contributed by atoms with Gasteiger partial charge < -0.3 is 4.48 Å². The molecule has 1 nitrogen and oxygen atoms in total. The van der Waals surface area contributed by atoms with Crippen LogP contribution in [-0.2, 0) is 17.4 Å². The lowest BCUT2D eigenvalue weighted by molar-refractivity contribution is -0.941. The molecule has 26 heavy (non-hydrogen) atoms. The summed E-state index contributed by atoms with van der Waals surface area (Å²) in [7, 11) is 0. The van der Waals surface area contributed by atoms with Gasteiger partial charge >= 0.3 is 0 Å². The van der Waals surface area contributed by atoms with Gasteiger partial charge in [-0.3, -0.25) is 0 Å². The average molecular weight is 359 g/mol. The third-order valence-electron chi connectivity index (χ3n) is 6.91. The Kier molecular flexibility index (Phi) is 6.65. The summed E-state index contributed by atoms with van der Waals surface area (Å²) in [5, 5.41) is 0. The summed E-state index contributed by atoms with van der Waals surface area (Å²) in [6.07, 6.45) is 6.44. The molecule has 0 amide bonds. The zero-order valence-electron chi connectivity index (χ0n) is 19.0. The highest BCUT2D eigenvalue weighted by atomic mass is 15.3. The van der Waals surface area contributed by atoms with Crippen LogP contribution in [0.5, 0.6) is 0 Å². The standard InChI is InChI=1S/C25H44N/c1-9-14-26(15-10-2,16-11-3)19-21-18-23-22(17-20(21)4)24(5,6)12-13-25(23,7)8/h17-18H,9-16,19H2,1-8H3/q+1. The topological polar surface area (TPSA) is 0 Å². The van der Waals surface area contributed by atoms with E-state index in [1.54, 1.807) is 16.7 Å². The maximum atomic E-state index is 2.61. The molecule has 0 heterocycles. The predicted octanol–water partition coefficient (Wildman–Crippen LogP) is 6.89. The van der Waals surface area contributed by atoms with E-state index in [9.17, 15) is 0 Å². The van der Waals surface area contributed by atoms with Crippen LogP contribution in [0.1, 0.15) is 103 Å². The van der Waals surface area contributed by atoms with Crippen molar-refractivity contribution in [3.63, 3.8) is 0 Å². The summed E-state index contributed by atoms with van der Waals surface area (Å²) in [6.45, 7) is 24.3. The quantitative estimate of drug-likeness (QED) is 0.444. The lowest BCUT2D eigenvalue weighted by Crippen LogP contribution is -2.49. The fraction of sp³-hybridized carbons (Fsp3) is 0.760. The Morgan fingerprint density at radius 1 is 0.769 bits per heavy atom. The Morgan fingerprint density at radius 2 is 1.19 bits per heavy atom. The molecular weight excluding hydrogens is 314 g/mol. The van der Waals surface area contributed by atoms with E-state index in [-0.39, 0.29) is 0 Å². The summed E-state index contributed by atoms with van der Waals surface area (Å²) in [6, 6.07) is 5.16. The zero-order chi connectivity index (χ0) is 19.6. The minimum Gasteiger partial charge on any atom is -0.320 e. The van der Waals surface area contributed by atoms with Gasteiger partial charge in [0.25, 0.3) is 0 Å². The Morgan fingerprint density at radius 3 is 1.62 bits per heavy atom. The first-order chi connectivity index (χ1) is 12.1. The van der Waals surface area contributed by atoms with Crippen LogP contribution in [0.2, 0.25) is 0 Å². The molecule has 1 aromatic rings. The van der Waals surface area contributed by atoms with Gasteiger partial charge in [0.15, 0.2) is 0 Å². The summed E-state index contributed by atoms with van der Waals surface area (Å²) >= 11 is 0. The molecule has 0 spiro atoms. The van der Waals surface area contributed by atoms with Crippen LogP contribution in [0.15, 0.2) is 12.1 Å². The van der Waals surface area contributed by atoms with Gasteiger partial charge in [-0.2, -0.15) is 0 Å². The van der Waals surface area contributed by atoms with Gasteiger partial charge in [-0.1, -0.05) is 54.5 Å². The second-order valence-corrected chi connectivity index (χ2v) is 10.3. The van der Waals surface area contributed by atoms with E-state index in [2.05, 4.69) is 67.5 Å². The van der Waals surface area contributed by atoms with Crippen molar-refractivity contribution in [3.05, 3.63) is 34.4 Å². The van der Waals surface area contributed by atoms with E-state index in [1.807, 2.05) is 0 Å². The van der Waals surface area contributed by atoms with Crippen molar-refractivity contribution >= 4 is 0 Å². The monoisotopic (exact) mass is 358 g/mol. The van der Waals surface area contributed by atoms with E-state index < -0.39 is 0 Å². The molecule has 0 unspecified atom stereocenters. The van der Waals surface area contributed by atoms with Crippen LogP contribution in [-0.4, -0.2) is 24.1 Å². The number of nitrogens with zero attached hydrogens (tertiary/aromatic N) is 1. The third kappa shape index (κ3) is 4.35. The van der Waals surface area contributed by atoms with E-state index in [0.29, 0.717) is 10.8 Å². The second kappa shape index (κ2) is 8.05. The first kappa shape index (κ1) is 21.5. The van der Waals surface area contributed by atoms with Crippen molar-refractivity contribution in [2.24, 2.45) is 0 Å². The molecule has 1 aliphatic carbocycles. The number of quaternary nitrogens is 1. The van der Waals surface area contributed by atoms with Crippen LogP contribution in [0, 0.1) is 6.92 Å². The molecule has 0 aliphatic heterocycles. The smallest absolute Gasteiger partial charge is 0.105 e. The molecule has 0 saturated heterocycles. The first-order valence-corrected chi connectivity index (χ1v) is 11.1. The summed E-state index contributed by atoms with van der Waals surface area (Å²) in [5.41, 5.74) is 6.97. The molecule has 1 heteroatoms. The van der Waals surface area contributed by atoms with Gasteiger partial charge in [-0.25, -0.2) is 0 Å². The minimum atomic E-state index is 0.309. The van der Waals surface area contributed by atoms with Gasteiger partial charge in [-0.15, -0.1) is 0 Å². The molecule has 0 atom stereocenters. The Hall–Kier alpha value is -0.820. The number of fused-ring (bicyclic) bond motifs is 1. The van der Waals surface area contributed by atoms with Crippen LogP contribution in [0.25, 0.3) is 0 Å². The fourth-order valence-corrected chi connectivity index (χ4v) is 5.29. The van der Waals surface area contributed by atoms with Crippen LogP contribution >= 0.6 is 0 Å². The summed E-state index contributed by atoms with van der Waals surface area (Å²) < 4.78 is 1.27. The lowest BCUT2D eigenvalue weighted by atomic mass is 9.62. The molecule has 1 aromatic carbocycles. The Bertz CT molecular complexity index is 592. The normalized spacial score (nSPS) is 18.6. The molecule has 0 fully saturated rings. The van der Waals surface area contributed by atoms with Gasteiger partial charge in [0.2, 0.25) is 0 Å². The highest BCUT2D eigenvalue weighted by molar-refractivity contribution is 5.46. The molecule has 2 rings (SSSR count). The van der Waals surface area contributed by atoms with Crippen molar-refractivity contribution in [3.8, 4) is 0 Å². The number of hydrogen-bond acceptors (Lipinski definition) is 0.